The molecule has 4 aromatic rings. The number of carbonyl (C=O) groups is 2. The topological polar surface area (TPSA) is 142 Å². The molecule has 0 aliphatic rings. The first-order valence-corrected chi connectivity index (χ1v) is 11.3. The van der Waals surface area contributed by atoms with Crippen LogP contribution in [-0.2, 0) is 0 Å². The van der Waals surface area contributed by atoms with Crippen molar-refractivity contribution in [3.8, 4) is 17.2 Å². The van der Waals surface area contributed by atoms with E-state index in [0.717, 1.165) is 0 Å². The molecule has 3 aromatic carbocycles. The molecule has 0 unspecified atom stereocenters. The monoisotopic (exact) mass is 508 g/mol. The minimum Gasteiger partial charge on any atom is -0.493 e. The normalized spacial score (nSPS) is 10.5. The number of hydrogen-bond donors (Lipinski definition) is 2. The second-order valence-electron chi connectivity index (χ2n) is 7.29. The number of non-ortho nitro benzene ring substituents is 1. The van der Waals surface area contributed by atoms with E-state index < -0.39 is 11.0 Å². The largest absolute Gasteiger partial charge is 0.493 e. The molecule has 0 spiro atoms. The van der Waals surface area contributed by atoms with E-state index in [2.05, 4.69) is 15.6 Å². The molecule has 2 amide bonds. The molecule has 11 nitrogen and oxygen atoms in total. The first kappa shape index (κ1) is 24.4. The number of ether oxygens (including phenoxy) is 3. The van der Waals surface area contributed by atoms with E-state index in [1.807, 2.05) is 0 Å². The maximum Gasteiger partial charge on any atom is 0.325 e. The van der Waals surface area contributed by atoms with Gasteiger partial charge in [0.05, 0.1) is 29.4 Å². The van der Waals surface area contributed by atoms with Crippen molar-refractivity contribution in [1.82, 2.24) is 4.98 Å². The molecule has 1 aromatic heterocycles. The number of carbonyl (C=O) groups excluding carboxylic acids is 2. The average Bonchev–Trinajstić information content (AvgIpc) is 3.28. The number of para-hydroxylation sites is 1. The van der Waals surface area contributed by atoms with Crippen molar-refractivity contribution in [2.45, 2.75) is 0 Å². The Kier molecular flexibility index (Phi) is 7.25. The highest BCUT2D eigenvalue weighted by atomic mass is 32.1. The van der Waals surface area contributed by atoms with E-state index in [1.165, 1.54) is 49.8 Å². The quantitative estimate of drug-likeness (QED) is 0.180. The molecule has 0 saturated carbocycles. The number of methoxy groups -OCH3 is 2. The minimum atomic E-state index is -0.606. The van der Waals surface area contributed by atoms with Crippen molar-refractivity contribution in [3.63, 3.8) is 0 Å². The first-order chi connectivity index (χ1) is 17.4. The Morgan fingerprint density at radius 1 is 1.00 bits per heavy atom. The summed E-state index contributed by atoms with van der Waals surface area (Å²) in [7, 11) is 2.99. The smallest absolute Gasteiger partial charge is 0.325 e. The van der Waals surface area contributed by atoms with Crippen molar-refractivity contribution in [3.05, 3.63) is 76.3 Å². The predicted molar refractivity (Wildman–Crippen MR) is 135 cm³/mol. The Morgan fingerprint density at radius 3 is 2.42 bits per heavy atom. The van der Waals surface area contributed by atoms with Gasteiger partial charge in [-0.1, -0.05) is 23.5 Å². The van der Waals surface area contributed by atoms with Gasteiger partial charge >= 0.3 is 6.03 Å². The number of rotatable bonds is 9. The van der Waals surface area contributed by atoms with E-state index >= 15 is 0 Å². The third-order valence-corrected chi connectivity index (χ3v) is 5.91. The maximum absolute atomic E-state index is 12.8. The van der Waals surface area contributed by atoms with Gasteiger partial charge in [-0.2, -0.15) is 0 Å². The Morgan fingerprint density at radius 2 is 1.72 bits per heavy atom. The van der Waals surface area contributed by atoms with E-state index in [9.17, 15) is 19.7 Å². The van der Waals surface area contributed by atoms with Crippen LogP contribution in [0.3, 0.4) is 0 Å². The van der Waals surface area contributed by atoms with Crippen molar-refractivity contribution in [2.24, 2.45) is 0 Å². The molecule has 36 heavy (non-hydrogen) atoms. The third kappa shape index (κ3) is 5.50. The van der Waals surface area contributed by atoms with Gasteiger partial charge in [-0.25, -0.2) is 9.78 Å². The van der Waals surface area contributed by atoms with Crippen LogP contribution < -0.4 is 24.8 Å². The van der Waals surface area contributed by atoms with Gasteiger partial charge in [0.1, 0.15) is 0 Å². The molecule has 0 bridgehead atoms. The molecule has 12 heteroatoms. The van der Waals surface area contributed by atoms with Crippen molar-refractivity contribution >= 4 is 49.9 Å². The van der Waals surface area contributed by atoms with Crippen molar-refractivity contribution in [2.75, 3.05) is 31.5 Å². The molecule has 184 valence electrons. The minimum absolute atomic E-state index is 0.141. The number of benzene rings is 3. The summed E-state index contributed by atoms with van der Waals surface area (Å²) in [5.74, 6) is 0.950. The number of fused-ring (bicyclic) bond motifs is 1. The van der Waals surface area contributed by atoms with Crippen LogP contribution >= 0.6 is 11.3 Å². The van der Waals surface area contributed by atoms with Crippen molar-refractivity contribution < 1.29 is 28.7 Å². The summed E-state index contributed by atoms with van der Waals surface area (Å²) in [6.07, 6.45) is 0. The summed E-state index contributed by atoms with van der Waals surface area (Å²) in [4.78, 5) is 39.8. The number of Topliss-reactive ketones (excluding diaryl/α,β-unsaturated/α-hetero) is 1. The zero-order valence-electron chi connectivity index (χ0n) is 19.1. The predicted octanol–water partition coefficient (Wildman–Crippen LogP) is 5.13. The van der Waals surface area contributed by atoms with Crippen LogP contribution in [0.25, 0.3) is 10.2 Å². The van der Waals surface area contributed by atoms with Gasteiger partial charge in [-0.15, -0.1) is 0 Å². The SMILES string of the molecule is COc1cccc(OC)c1OCC(=O)c1ccc2nc(NC(=O)Nc3cccc([N+](=O)[O-])c3)sc2c1. The van der Waals surface area contributed by atoms with Crippen LogP contribution in [0.15, 0.2) is 60.7 Å². The van der Waals surface area contributed by atoms with Gasteiger partial charge in [0.15, 0.2) is 29.0 Å². The maximum atomic E-state index is 12.8. The van der Waals surface area contributed by atoms with Gasteiger partial charge in [0, 0.05) is 23.4 Å². The Bertz CT molecular complexity index is 1430. The van der Waals surface area contributed by atoms with Crippen LogP contribution in [0.4, 0.5) is 21.3 Å². The standard InChI is InChI=1S/C24H20N4O7S/c1-33-19-7-4-8-20(34-2)22(19)35-13-18(29)14-9-10-17-21(11-14)36-24(26-17)27-23(30)25-15-5-3-6-16(12-15)28(31)32/h3-12H,13H2,1-2H3,(H2,25,26,27,30). The fourth-order valence-corrected chi connectivity index (χ4v) is 4.19. The number of nitrogens with one attached hydrogen (secondary N) is 2. The second kappa shape index (κ2) is 10.7. The number of urea groups is 1. The summed E-state index contributed by atoms with van der Waals surface area (Å²) < 4.78 is 16.9. The molecule has 1 heterocycles. The van der Waals surface area contributed by atoms with Crippen LogP contribution in [0.5, 0.6) is 17.2 Å². The van der Waals surface area contributed by atoms with Gasteiger partial charge in [0.2, 0.25) is 5.75 Å². The number of amides is 2. The van der Waals surface area contributed by atoms with Gasteiger partial charge in [0.25, 0.3) is 5.69 Å². The van der Waals surface area contributed by atoms with Crippen molar-refractivity contribution in [1.29, 1.82) is 0 Å². The number of nitro groups is 1. The number of ketones is 1. The molecule has 0 saturated heterocycles. The van der Waals surface area contributed by atoms with E-state index in [0.29, 0.717) is 38.2 Å². The highest BCUT2D eigenvalue weighted by molar-refractivity contribution is 7.22. The van der Waals surface area contributed by atoms with Crippen LogP contribution in [0.1, 0.15) is 10.4 Å². The summed E-state index contributed by atoms with van der Waals surface area (Å²) >= 11 is 1.18. The van der Waals surface area contributed by atoms with Gasteiger partial charge < -0.3 is 19.5 Å². The summed E-state index contributed by atoms with van der Waals surface area (Å²) in [5, 5.41) is 16.3. The zero-order chi connectivity index (χ0) is 25.7. The number of nitro benzene ring substituents is 1. The van der Waals surface area contributed by atoms with Crippen LogP contribution in [0, 0.1) is 10.1 Å². The lowest BCUT2D eigenvalue weighted by molar-refractivity contribution is -0.384. The summed E-state index contributed by atoms with van der Waals surface area (Å²) in [6, 6.07) is 15.1. The number of aromatic nitrogens is 1. The van der Waals surface area contributed by atoms with E-state index in [4.69, 9.17) is 14.2 Å². The molecule has 0 aliphatic heterocycles. The lowest BCUT2D eigenvalue weighted by atomic mass is 10.1. The number of anilines is 2. The Hall–Kier alpha value is -4.71. The summed E-state index contributed by atoms with van der Waals surface area (Å²) in [5.41, 5.74) is 1.13. The lowest BCUT2D eigenvalue weighted by Crippen LogP contribution is -2.19. The fourth-order valence-electron chi connectivity index (χ4n) is 3.29. The lowest BCUT2D eigenvalue weighted by Gasteiger charge is -2.13. The van der Waals surface area contributed by atoms with Crippen LogP contribution in [-0.4, -0.2) is 42.5 Å². The molecule has 0 fully saturated rings. The first-order valence-electron chi connectivity index (χ1n) is 10.5. The molecule has 0 aliphatic carbocycles. The van der Waals surface area contributed by atoms with Gasteiger partial charge in [-0.3, -0.25) is 20.2 Å². The molecule has 2 N–H and O–H groups in total. The Balaban J connectivity index is 1.43. The highest BCUT2D eigenvalue weighted by Gasteiger charge is 2.16. The molecule has 4 rings (SSSR count). The number of nitrogens with zero attached hydrogens (tertiary/aromatic N) is 2. The zero-order valence-corrected chi connectivity index (χ0v) is 20.0. The summed E-state index contributed by atoms with van der Waals surface area (Å²) in [6.45, 7) is -0.238. The third-order valence-electron chi connectivity index (χ3n) is 4.98. The van der Waals surface area contributed by atoms with Crippen LogP contribution in [0.2, 0.25) is 0 Å². The fraction of sp³-hybridized carbons (Fsp3) is 0.125. The number of hydrogen-bond acceptors (Lipinski definition) is 9. The molecule has 0 atom stereocenters. The average molecular weight is 509 g/mol. The van der Waals surface area contributed by atoms with E-state index in [1.54, 1.807) is 36.4 Å². The van der Waals surface area contributed by atoms with Gasteiger partial charge in [-0.05, 0) is 36.4 Å². The number of thiazole rings is 1. The Labute approximate surface area is 208 Å². The molecular formula is C24H20N4O7S. The highest BCUT2D eigenvalue weighted by Crippen LogP contribution is 2.37. The van der Waals surface area contributed by atoms with E-state index in [-0.39, 0.29) is 23.8 Å². The molecule has 0 radical (unpaired) electrons. The molecular weight excluding hydrogens is 488 g/mol. The second-order valence-corrected chi connectivity index (χ2v) is 8.32.